The summed E-state index contributed by atoms with van der Waals surface area (Å²) >= 11 is 11.8. The Hall–Kier alpha value is -0.780. The van der Waals surface area contributed by atoms with Gasteiger partial charge in [-0.05, 0) is 18.6 Å². The summed E-state index contributed by atoms with van der Waals surface area (Å²) in [6.45, 7) is 2.20. The number of hydrogen-bond donors (Lipinski definition) is 1. The molecule has 0 aromatic heterocycles. The first-order chi connectivity index (χ1) is 11.4. The van der Waals surface area contributed by atoms with Gasteiger partial charge in [0.2, 0.25) is 10.0 Å². The Balaban J connectivity index is 2.25. The summed E-state index contributed by atoms with van der Waals surface area (Å²) in [6.07, 6.45) is 10.3. The molecule has 0 unspecified atom stereocenters. The topological polar surface area (TPSA) is 58.5 Å². The molecule has 0 fully saturated rings. The fourth-order valence-electron chi connectivity index (χ4n) is 2.25. The van der Waals surface area contributed by atoms with Crippen molar-refractivity contribution in [1.29, 1.82) is 0 Å². The molecule has 1 aromatic rings. The van der Waals surface area contributed by atoms with Crippen molar-refractivity contribution < 1.29 is 8.42 Å². The van der Waals surface area contributed by atoms with Crippen LogP contribution in [-0.4, -0.2) is 20.4 Å². The monoisotopic (exact) mass is 392 g/mol. The lowest BCUT2D eigenvalue weighted by molar-refractivity contribution is 0.566. The number of unbranched alkanes of at least 4 members (excludes halogenated alkanes) is 7. The highest BCUT2D eigenvalue weighted by Crippen LogP contribution is 2.19. The smallest absolute Gasteiger partial charge is 0.205 e. The molecule has 4 nitrogen and oxygen atoms in total. The fourth-order valence-corrected chi connectivity index (χ4v) is 3.60. The van der Waals surface area contributed by atoms with Crippen molar-refractivity contribution in [3.05, 3.63) is 33.8 Å². The van der Waals surface area contributed by atoms with E-state index < -0.39 is 10.0 Å². The number of nitrogens with zero attached hydrogens (tertiary/aromatic N) is 1. The molecule has 1 aromatic carbocycles. The van der Waals surface area contributed by atoms with E-state index in [9.17, 15) is 8.42 Å². The molecule has 0 aliphatic carbocycles. The van der Waals surface area contributed by atoms with Crippen molar-refractivity contribution >= 4 is 39.4 Å². The van der Waals surface area contributed by atoms with E-state index in [-0.39, 0.29) is 5.75 Å². The maximum atomic E-state index is 11.9. The van der Waals surface area contributed by atoms with Crippen molar-refractivity contribution in [3.63, 3.8) is 0 Å². The van der Waals surface area contributed by atoms with Crippen LogP contribution >= 0.6 is 23.2 Å². The van der Waals surface area contributed by atoms with E-state index in [1.54, 1.807) is 18.2 Å². The minimum atomic E-state index is -3.39. The molecule has 0 radical (unpaired) electrons. The molecule has 0 saturated heterocycles. The van der Waals surface area contributed by atoms with Gasteiger partial charge in [0, 0.05) is 10.6 Å². The Morgan fingerprint density at radius 3 is 2.29 bits per heavy atom. The van der Waals surface area contributed by atoms with Crippen LogP contribution in [0, 0.1) is 0 Å². The second kappa shape index (κ2) is 11.7. The number of rotatable bonds is 12. The third-order valence-corrected chi connectivity index (χ3v) is 5.40. The van der Waals surface area contributed by atoms with Crippen molar-refractivity contribution in [2.24, 2.45) is 5.10 Å². The molecule has 0 atom stereocenters. The molecule has 136 valence electrons. The fraction of sp³-hybridized carbons (Fsp3) is 0.588. The maximum absolute atomic E-state index is 11.9. The molecule has 0 saturated carbocycles. The quantitative estimate of drug-likeness (QED) is 0.294. The Labute approximate surface area is 155 Å². The predicted molar refractivity (Wildman–Crippen MR) is 104 cm³/mol. The molecule has 0 bridgehead atoms. The van der Waals surface area contributed by atoms with Crippen molar-refractivity contribution in [3.8, 4) is 0 Å². The Bertz CT molecular complexity index is 619. The largest absolute Gasteiger partial charge is 0.247 e. The van der Waals surface area contributed by atoms with Crippen LogP contribution in [0.2, 0.25) is 10.0 Å². The molecular formula is C17H26Cl2N2O2S. The summed E-state index contributed by atoms with van der Waals surface area (Å²) in [5.74, 6) is 0.0909. The van der Waals surface area contributed by atoms with Crippen LogP contribution < -0.4 is 4.83 Å². The van der Waals surface area contributed by atoms with Crippen LogP contribution in [0.5, 0.6) is 0 Å². The molecular weight excluding hydrogens is 367 g/mol. The van der Waals surface area contributed by atoms with Gasteiger partial charge in [0.1, 0.15) is 0 Å². The van der Waals surface area contributed by atoms with E-state index in [1.165, 1.54) is 38.3 Å². The summed E-state index contributed by atoms with van der Waals surface area (Å²) in [4.78, 5) is 2.22. The van der Waals surface area contributed by atoms with Crippen LogP contribution in [0.1, 0.15) is 63.9 Å². The van der Waals surface area contributed by atoms with Gasteiger partial charge in [0.25, 0.3) is 0 Å². The summed E-state index contributed by atoms with van der Waals surface area (Å²) in [7, 11) is -3.39. The minimum absolute atomic E-state index is 0.0909. The summed E-state index contributed by atoms with van der Waals surface area (Å²) < 4.78 is 23.7. The average Bonchev–Trinajstić information content (AvgIpc) is 2.52. The predicted octanol–water partition coefficient (Wildman–Crippen LogP) is 5.39. The third-order valence-electron chi connectivity index (χ3n) is 3.62. The van der Waals surface area contributed by atoms with E-state index in [0.717, 1.165) is 12.8 Å². The second-order valence-electron chi connectivity index (χ2n) is 5.81. The van der Waals surface area contributed by atoms with Crippen molar-refractivity contribution in [2.75, 3.05) is 5.75 Å². The lowest BCUT2D eigenvalue weighted by Gasteiger charge is -2.04. The number of hydrogen-bond acceptors (Lipinski definition) is 3. The zero-order valence-corrected chi connectivity index (χ0v) is 16.4. The molecule has 1 rings (SSSR count). The number of sulfonamides is 1. The molecule has 1 N–H and O–H groups in total. The van der Waals surface area contributed by atoms with Gasteiger partial charge in [-0.1, -0.05) is 81.1 Å². The van der Waals surface area contributed by atoms with Gasteiger partial charge < -0.3 is 0 Å². The van der Waals surface area contributed by atoms with Gasteiger partial charge in [-0.3, -0.25) is 0 Å². The average molecular weight is 393 g/mol. The first kappa shape index (κ1) is 21.3. The highest BCUT2D eigenvalue weighted by Gasteiger charge is 2.07. The van der Waals surface area contributed by atoms with Gasteiger partial charge >= 0.3 is 0 Å². The van der Waals surface area contributed by atoms with Crippen LogP contribution in [-0.2, 0) is 10.0 Å². The number of benzene rings is 1. The van der Waals surface area contributed by atoms with Crippen LogP contribution in [0.25, 0.3) is 0 Å². The Kier molecular flexibility index (Phi) is 10.4. The van der Waals surface area contributed by atoms with Crippen LogP contribution in [0.4, 0.5) is 0 Å². The zero-order chi connectivity index (χ0) is 17.8. The van der Waals surface area contributed by atoms with Gasteiger partial charge in [-0.25, -0.2) is 13.2 Å². The number of nitrogens with one attached hydrogen (secondary N) is 1. The standard InChI is InChI=1S/C17H26Cl2N2O2S/c1-2-3-4-5-6-7-8-9-12-24(22,23)21-20-14-15-10-11-16(18)13-17(15)19/h10-11,13-14,21H,2-9,12H2,1H3/b20-14+. The van der Waals surface area contributed by atoms with Gasteiger partial charge in [0.15, 0.2) is 0 Å². The molecule has 0 aliphatic heterocycles. The van der Waals surface area contributed by atoms with Gasteiger partial charge in [-0.15, -0.1) is 0 Å². The van der Waals surface area contributed by atoms with E-state index in [0.29, 0.717) is 22.0 Å². The lowest BCUT2D eigenvalue weighted by atomic mass is 10.1. The van der Waals surface area contributed by atoms with Crippen LogP contribution in [0.3, 0.4) is 0 Å². The second-order valence-corrected chi connectivity index (χ2v) is 8.47. The molecule has 0 aliphatic rings. The summed E-state index contributed by atoms with van der Waals surface area (Å²) in [5, 5.41) is 4.71. The highest BCUT2D eigenvalue weighted by atomic mass is 35.5. The van der Waals surface area contributed by atoms with E-state index in [2.05, 4.69) is 16.9 Å². The molecule has 0 amide bonds. The summed E-state index contributed by atoms with van der Waals surface area (Å²) in [6, 6.07) is 4.93. The molecule has 24 heavy (non-hydrogen) atoms. The SMILES string of the molecule is CCCCCCCCCCS(=O)(=O)N/N=C/c1ccc(Cl)cc1Cl. The highest BCUT2D eigenvalue weighted by molar-refractivity contribution is 7.89. The minimum Gasteiger partial charge on any atom is -0.205 e. The first-order valence-corrected chi connectivity index (χ1v) is 10.8. The lowest BCUT2D eigenvalue weighted by Crippen LogP contribution is -2.21. The van der Waals surface area contributed by atoms with Gasteiger partial charge in [-0.2, -0.15) is 5.10 Å². The van der Waals surface area contributed by atoms with E-state index in [1.807, 2.05) is 0 Å². The number of halogens is 2. The van der Waals surface area contributed by atoms with Crippen molar-refractivity contribution in [1.82, 2.24) is 4.83 Å². The third kappa shape index (κ3) is 9.50. The van der Waals surface area contributed by atoms with Gasteiger partial charge in [0.05, 0.1) is 17.0 Å². The van der Waals surface area contributed by atoms with Crippen molar-refractivity contribution in [2.45, 2.75) is 58.3 Å². The molecule has 7 heteroatoms. The van der Waals surface area contributed by atoms with E-state index >= 15 is 0 Å². The number of hydrazone groups is 1. The Morgan fingerprint density at radius 2 is 1.67 bits per heavy atom. The normalized spacial score (nSPS) is 12.0. The van der Waals surface area contributed by atoms with E-state index in [4.69, 9.17) is 23.2 Å². The van der Waals surface area contributed by atoms with Crippen LogP contribution in [0.15, 0.2) is 23.3 Å². The Morgan fingerprint density at radius 1 is 1.04 bits per heavy atom. The zero-order valence-electron chi connectivity index (χ0n) is 14.1. The molecule has 0 spiro atoms. The summed E-state index contributed by atoms with van der Waals surface area (Å²) in [5.41, 5.74) is 0.607. The molecule has 0 heterocycles. The first-order valence-electron chi connectivity index (χ1n) is 8.42. The maximum Gasteiger partial charge on any atom is 0.247 e.